The van der Waals surface area contributed by atoms with E-state index in [0.29, 0.717) is 45.1 Å². The molecule has 0 aromatic carbocycles. The lowest BCUT2D eigenvalue weighted by molar-refractivity contribution is -0.121. The van der Waals surface area contributed by atoms with Crippen LogP contribution < -0.4 is 10.1 Å². The van der Waals surface area contributed by atoms with Gasteiger partial charge in [0.2, 0.25) is 11.8 Å². The van der Waals surface area contributed by atoms with Gasteiger partial charge in [-0.3, -0.25) is 9.48 Å². The summed E-state index contributed by atoms with van der Waals surface area (Å²) in [5.41, 5.74) is 1.61. The van der Waals surface area contributed by atoms with E-state index in [2.05, 4.69) is 20.3 Å². The quantitative estimate of drug-likeness (QED) is 0.561. The predicted molar refractivity (Wildman–Crippen MR) is 130 cm³/mol. The number of nitrogens with zero attached hydrogens (tertiary/aromatic N) is 4. The molecule has 0 spiro atoms. The summed E-state index contributed by atoms with van der Waals surface area (Å²) in [6, 6.07) is 3.56. The molecule has 3 heterocycles. The van der Waals surface area contributed by atoms with E-state index in [0.717, 1.165) is 43.3 Å². The number of pyridine rings is 1. The summed E-state index contributed by atoms with van der Waals surface area (Å²) >= 11 is 0. The normalized spacial score (nSPS) is 23.1. The first-order chi connectivity index (χ1) is 17.1. The molecule has 2 aliphatic rings. The highest BCUT2D eigenvalue weighted by atomic mass is 19.3. The molecule has 4 rings (SSSR count). The minimum absolute atomic E-state index is 0.0147. The van der Waals surface area contributed by atoms with Crippen LogP contribution in [0.2, 0.25) is 0 Å². The molecule has 0 unspecified atom stereocenters. The number of halogens is 3. The first-order valence-corrected chi connectivity index (χ1v) is 12.7. The maximum absolute atomic E-state index is 15.5. The Morgan fingerprint density at radius 3 is 2.69 bits per heavy atom. The Morgan fingerprint density at radius 1 is 1.25 bits per heavy atom. The topological polar surface area (TPSA) is 72.3 Å². The van der Waals surface area contributed by atoms with Crippen molar-refractivity contribution in [3.63, 3.8) is 0 Å². The van der Waals surface area contributed by atoms with Gasteiger partial charge in [-0.2, -0.15) is 5.10 Å². The van der Waals surface area contributed by atoms with E-state index >= 15 is 4.39 Å². The molecule has 10 heteroatoms. The molecule has 7 nitrogen and oxygen atoms in total. The van der Waals surface area contributed by atoms with Gasteiger partial charge < -0.3 is 15.0 Å². The summed E-state index contributed by atoms with van der Waals surface area (Å²) in [5.74, 6) is -2.73. The summed E-state index contributed by atoms with van der Waals surface area (Å²) in [6.45, 7) is 2.34. The van der Waals surface area contributed by atoms with Gasteiger partial charge in [-0.05, 0) is 49.7 Å². The summed E-state index contributed by atoms with van der Waals surface area (Å²) in [6.07, 6.45) is 7.91. The summed E-state index contributed by atoms with van der Waals surface area (Å²) in [7, 11) is 1.82. The maximum Gasteiger partial charge on any atom is 0.278 e. The van der Waals surface area contributed by atoms with E-state index < -0.39 is 18.2 Å². The summed E-state index contributed by atoms with van der Waals surface area (Å²) in [5, 5.41) is 7.13. The third-order valence-corrected chi connectivity index (χ3v) is 7.12. The van der Waals surface area contributed by atoms with Crippen molar-refractivity contribution in [3.05, 3.63) is 41.3 Å². The Bertz CT molecular complexity index is 1030. The first-order valence-electron chi connectivity index (χ1n) is 12.7. The Balaban J connectivity index is 1.19. The third kappa shape index (κ3) is 7.69. The minimum atomic E-state index is -2.90. The highest BCUT2D eigenvalue weighted by Crippen LogP contribution is 2.35. The van der Waals surface area contributed by atoms with E-state index in [9.17, 15) is 13.6 Å². The smallest absolute Gasteiger partial charge is 0.278 e. The number of fused-ring (bicyclic) bond motifs is 1. The SMILES string of the molecule is Cn1cc(CC(=O)NC2CCC(F)(CCN3CCc4ccc(OCC(C)(F)F)nc4CC3)CC2)cn1. The molecule has 1 saturated carbocycles. The fourth-order valence-electron chi connectivity index (χ4n) is 5.03. The number of ether oxygens (including phenoxy) is 1. The van der Waals surface area contributed by atoms with E-state index in [4.69, 9.17) is 4.74 Å². The van der Waals surface area contributed by atoms with Crippen LogP contribution in [0.4, 0.5) is 13.2 Å². The second kappa shape index (κ2) is 11.2. The Morgan fingerprint density at radius 2 is 2.00 bits per heavy atom. The van der Waals surface area contributed by atoms with E-state index in [1.54, 1.807) is 16.9 Å². The van der Waals surface area contributed by atoms with Crippen molar-refractivity contribution in [2.24, 2.45) is 7.05 Å². The molecule has 1 fully saturated rings. The van der Waals surface area contributed by atoms with Gasteiger partial charge >= 0.3 is 0 Å². The van der Waals surface area contributed by atoms with Crippen molar-refractivity contribution < 1.29 is 22.7 Å². The van der Waals surface area contributed by atoms with Gasteiger partial charge in [-0.1, -0.05) is 6.07 Å². The van der Waals surface area contributed by atoms with Crippen LogP contribution in [0.3, 0.4) is 0 Å². The van der Waals surface area contributed by atoms with Gasteiger partial charge in [-0.15, -0.1) is 0 Å². The fourth-order valence-corrected chi connectivity index (χ4v) is 5.03. The molecule has 1 aliphatic carbocycles. The number of carbonyl (C=O) groups excluding carboxylic acids is 1. The third-order valence-electron chi connectivity index (χ3n) is 7.12. The lowest BCUT2D eigenvalue weighted by atomic mass is 9.81. The number of aryl methyl sites for hydroxylation is 1. The average molecular weight is 508 g/mol. The molecule has 0 radical (unpaired) electrons. The Hall–Kier alpha value is -2.62. The van der Waals surface area contributed by atoms with Crippen LogP contribution >= 0.6 is 0 Å². The average Bonchev–Trinajstić information content (AvgIpc) is 3.11. The molecule has 1 N–H and O–H groups in total. The highest BCUT2D eigenvalue weighted by Gasteiger charge is 2.36. The molecular formula is C26H36F3N5O2. The van der Waals surface area contributed by atoms with Gasteiger partial charge in [0.1, 0.15) is 5.67 Å². The second-order valence-electron chi connectivity index (χ2n) is 10.4. The maximum atomic E-state index is 15.5. The molecule has 198 valence electrons. The van der Waals surface area contributed by atoms with Gasteiger partial charge in [0.25, 0.3) is 5.92 Å². The molecule has 0 saturated heterocycles. The zero-order chi connectivity index (χ0) is 25.8. The second-order valence-corrected chi connectivity index (χ2v) is 10.4. The molecule has 36 heavy (non-hydrogen) atoms. The Labute approximate surface area is 210 Å². The molecule has 1 aliphatic heterocycles. The molecular weight excluding hydrogens is 471 g/mol. The van der Waals surface area contributed by atoms with Crippen molar-refractivity contribution >= 4 is 5.91 Å². The number of rotatable bonds is 9. The standard InChI is InChI=1S/C26H36F3N5O2/c1-25(27,28)18-36-24-4-3-20-7-12-34(13-8-22(20)32-24)14-11-26(29)9-5-21(6-10-26)31-23(35)15-19-16-30-33(2)17-19/h3-4,16-17,21H,5-15,18H2,1-2H3,(H,31,35). The predicted octanol–water partition coefficient (Wildman–Crippen LogP) is 3.65. The Kier molecular flexibility index (Phi) is 8.22. The van der Waals surface area contributed by atoms with Crippen molar-refractivity contribution in [1.82, 2.24) is 25.0 Å². The van der Waals surface area contributed by atoms with E-state index in [1.165, 1.54) is 0 Å². The van der Waals surface area contributed by atoms with E-state index in [-0.39, 0.29) is 24.2 Å². The largest absolute Gasteiger partial charge is 0.471 e. The van der Waals surface area contributed by atoms with Crippen LogP contribution in [0, 0.1) is 0 Å². The minimum Gasteiger partial charge on any atom is -0.471 e. The van der Waals surface area contributed by atoms with Crippen molar-refractivity contribution in [3.8, 4) is 5.88 Å². The van der Waals surface area contributed by atoms with Crippen molar-refractivity contribution in [1.29, 1.82) is 0 Å². The monoisotopic (exact) mass is 507 g/mol. The lowest BCUT2D eigenvalue weighted by Gasteiger charge is -2.35. The van der Waals surface area contributed by atoms with Crippen LogP contribution in [0.15, 0.2) is 24.5 Å². The molecule has 0 atom stereocenters. The molecule has 1 amide bonds. The van der Waals surface area contributed by atoms with Crippen LogP contribution in [-0.4, -0.2) is 69.4 Å². The number of amides is 1. The van der Waals surface area contributed by atoms with Crippen molar-refractivity contribution in [2.45, 2.75) is 75.9 Å². The zero-order valence-corrected chi connectivity index (χ0v) is 21.1. The highest BCUT2D eigenvalue weighted by molar-refractivity contribution is 5.78. The molecule has 0 bridgehead atoms. The number of carbonyl (C=O) groups is 1. The van der Waals surface area contributed by atoms with Crippen LogP contribution in [-0.2, 0) is 31.1 Å². The summed E-state index contributed by atoms with van der Waals surface area (Å²) < 4.78 is 48.5. The fraction of sp³-hybridized carbons (Fsp3) is 0.654. The summed E-state index contributed by atoms with van der Waals surface area (Å²) in [4.78, 5) is 19.0. The van der Waals surface area contributed by atoms with Gasteiger partial charge in [0.05, 0.1) is 12.6 Å². The molecule has 2 aromatic heterocycles. The number of hydrogen-bond donors (Lipinski definition) is 1. The molecule has 2 aromatic rings. The zero-order valence-electron chi connectivity index (χ0n) is 21.1. The number of nitrogens with one attached hydrogen (secondary N) is 1. The van der Waals surface area contributed by atoms with Gasteiger partial charge in [-0.25, -0.2) is 18.2 Å². The first kappa shape index (κ1) is 26.4. The number of hydrogen-bond acceptors (Lipinski definition) is 5. The van der Waals surface area contributed by atoms with Crippen LogP contribution in [0.5, 0.6) is 5.88 Å². The van der Waals surface area contributed by atoms with Crippen LogP contribution in [0.25, 0.3) is 0 Å². The van der Waals surface area contributed by atoms with Gasteiger partial charge in [0, 0.05) is 64.0 Å². The van der Waals surface area contributed by atoms with Gasteiger partial charge in [0.15, 0.2) is 6.61 Å². The number of alkyl halides is 3. The number of aromatic nitrogens is 3. The van der Waals surface area contributed by atoms with Crippen LogP contribution in [0.1, 0.15) is 55.8 Å². The van der Waals surface area contributed by atoms with E-state index in [1.807, 2.05) is 19.3 Å². The van der Waals surface area contributed by atoms with Crippen molar-refractivity contribution in [2.75, 3.05) is 26.2 Å². The lowest BCUT2D eigenvalue weighted by Crippen LogP contribution is -2.43.